The summed E-state index contributed by atoms with van der Waals surface area (Å²) < 4.78 is 1.24. The van der Waals surface area contributed by atoms with Crippen molar-refractivity contribution in [1.29, 1.82) is 0 Å². The molecule has 1 heterocycles. The molecule has 0 saturated carbocycles. The summed E-state index contributed by atoms with van der Waals surface area (Å²) in [4.78, 5) is 22.2. The molecule has 104 valence electrons. The molecule has 0 bridgehead atoms. The van der Waals surface area contributed by atoms with Gasteiger partial charge in [0.1, 0.15) is 6.20 Å². The number of aryl methyl sites for hydroxylation is 2. The molecule has 1 N–H and O–H groups in total. The van der Waals surface area contributed by atoms with E-state index in [-0.39, 0.29) is 11.4 Å². The lowest BCUT2D eigenvalue weighted by molar-refractivity contribution is -0.385. The van der Waals surface area contributed by atoms with Crippen LogP contribution >= 0.6 is 0 Å². The van der Waals surface area contributed by atoms with Gasteiger partial charge in [-0.2, -0.15) is 5.10 Å². The van der Waals surface area contributed by atoms with E-state index in [0.717, 1.165) is 12.0 Å². The monoisotopic (exact) mass is 274 g/mol. The van der Waals surface area contributed by atoms with E-state index in [2.05, 4.69) is 10.4 Å². The van der Waals surface area contributed by atoms with Crippen molar-refractivity contribution in [1.82, 2.24) is 9.78 Å². The number of carbonyl (C=O) groups excluding carboxylic acids is 1. The van der Waals surface area contributed by atoms with Crippen LogP contribution in [0.4, 0.5) is 11.4 Å². The van der Waals surface area contributed by atoms with Crippen molar-refractivity contribution in [3.05, 3.63) is 51.8 Å². The maximum Gasteiger partial charge on any atom is 0.320 e. The average Bonchev–Trinajstić information content (AvgIpc) is 2.82. The van der Waals surface area contributed by atoms with Gasteiger partial charge in [-0.3, -0.25) is 19.6 Å². The molecule has 0 radical (unpaired) electrons. The molecule has 0 aliphatic rings. The molecule has 1 amide bonds. The molecule has 2 rings (SSSR count). The van der Waals surface area contributed by atoms with E-state index in [1.54, 1.807) is 12.1 Å². The Balaban J connectivity index is 2.21. The summed E-state index contributed by atoms with van der Waals surface area (Å²) in [6.45, 7) is 2.03. The van der Waals surface area contributed by atoms with Gasteiger partial charge >= 0.3 is 5.69 Å². The van der Waals surface area contributed by atoms with Gasteiger partial charge in [0.25, 0.3) is 5.91 Å². The summed E-state index contributed by atoms with van der Waals surface area (Å²) in [6.07, 6.45) is 2.11. The van der Waals surface area contributed by atoms with Crippen LogP contribution in [0.5, 0.6) is 0 Å². The van der Waals surface area contributed by atoms with Gasteiger partial charge in [0.15, 0.2) is 0 Å². The zero-order valence-electron chi connectivity index (χ0n) is 11.2. The van der Waals surface area contributed by atoms with Crippen molar-refractivity contribution in [2.24, 2.45) is 7.05 Å². The standard InChI is InChI=1S/C13H14N4O3/c1-3-9-4-6-10(7-5-9)14-13(18)12-11(17(19)20)8-16(2)15-12/h4-8H,3H2,1-2H3,(H,14,18). The average molecular weight is 274 g/mol. The van der Waals surface area contributed by atoms with Gasteiger partial charge in [0, 0.05) is 12.7 Å². The number of carbonyl (C=O) groups is 1. The Hall–Kier alpha value is -2.70. The van der Waals surface area contributed by atoms with Crippen LogP contribution in [0.15, 0.2) is 30.5 Å². The van der Waals surface area contributed by atoms with Crippen molar-refractivity contribution >= 4 is 17.3 Å². The minimum Gasteiger partial charge on any atom is -0.320 e. The van der Waals surface area contributed by atoms with Crippen molar-refractivity contribution in [3.8, 4) is 0 Å². The molecule has 2 aromatic rings. The molecular weight excluding hydrogens is 260 g/mol. The van der Waals surface area contributed by atoms with Crippen molar-refractivity contribution in [3.63, 3.8) is 0 Å². The lowest BCUT2D eigenvalue weighted by Gasteiger charge is -2.04. The van der Waals surface area contributed by atoms with Crippen LogP contribution in [0.1, 0.15) is 23.0 Å². The van der Waals surface area contributed by atoms with Crippen LogP contribution < -0.4 is 5.32 Å². The normalized spacial score (nSPS) is 10.3. The summed E-state index contributed by atoms with van der Waals surface area (Å²) in [7, 11) is 1.53. The SMILES string of the molecule is CCc1ccc(NC(=O)c2nn(C)cc2[N+](=O)[O-])cc1. The Labute approximate surface area is 115 Å². The third-order valence-electron chi connectivity index (χ3n) is 2.84. The molecule has 0 saturated heterocycles. The topological polar surface area (TPSA) is 90.1 Å². The fourth-order valence-corrected chi connectivity index (χ4v) is 1.79. The van der Waals surface area contributed by atoms with E-state index in [1.807, 2.05) is 19.1 Å². The first-order chi connectivity index (χ1) is 9.51. The molecular formula is C13H14N4O3. The number of hydrogen-bond acceptors (Lipinski definition) is 4. The van der Waals surface area contributed by atoms with Crippen LogP contribution in [0.2, 0.25) is 0 Å². The molecule has 0 aliphatic carbocycles. The van der Waals surface area contributed by atoms with Gasteiger partial charge in [-0.1, -0.05) is 19.1 Å². The number of benzene rings is 1. The summed E-state index contributed by atoms with van der Waals surface area (Å²) in [5.74, 6) is -0.596. The van der Waals surface area contributed by atoms with E-state index in [0.29, 0.717) is 5.69 Å². The molecule has 0 aliphatic heterocycles. The summed E-state index contributed by atoms with van der Waals surface area (Å²) in [5.41, 5.74) is 1.21. The fourth-order valence-electron chi connectivity index (χ4n) is 1.79. The number of rotatable bonds is 4. The lowest BCUT2D eigenvalue weighted by Crippen LogP contribution is -2.14. The summed E-state index contributed by atoms with van der Waals surface area (Å²) in [6, 6.07) is 7.29. The molecule has 0 atom stereocenters. The number of anilines is 1. The van der Waals surface area contributed by atoms with Gasteiger partial charge < -0.3 is 5.32 Å². The predicted octanol–water partition coefficient (Wildman–Crippen LogP) is 2.14. The Morgan fingerprint density at radius 2 is 2.05 bits per heavy atom. The number of nitro groups is 1. The number of hydrogen-bond donors (Lipinski definition) is 1. The summed E-state index contributed by atoms with van der Waals surface area (Å²) >= 11 is 0. The summed E-state index contributed by atoms with van der Waals surface area (Å²) in [5, 5.41) is 17.3. The second-order valence-corrected chi connectivity index (χ2v) is 4.30. The molecule has 0 fully saturated rings. The van der Waals surface area contributed by atoms with E-state index in [9.17, 15) is 14.9 Å². The molecule has 0 spiro atoms. The smallest absolute Gasteiger partial charge is 0.320 e. The zero-order valence-corrected chi connectivity index (χ0v) is 11.2. The molecule has 20 heavy (non-hydrogen) atoms. The van der Waals surface area contributed by atoms with Crippen molar-refractivity contribution < 1.29 is 9.72 Å². The highest BCUT2D eigenvalue weighted by Gasteiger charge is 2.24. The van der Waals surface area contributed by atoms with E-state index >= 15 is 0 Å². The number of nitrogens with one attached hydrogen (secondary N) is 1. The maximum absolute atomic E-state index is 12.0. The van der Waals surface area contributed by atoms with Gasteiger partial charge in [0.05, 0.1) is 4.92 Å². The second kappa shape index (κ2) is 5.52. The van der Waals surface area contributed by atoms with Crippen LogP contribution in [-0.4, -0.2) is 20.6 Å². The van der Waals surface area contributed by atoms with Crippen LogP contribution in [0.25, 0.3) is 0 Å². The first-order valence-electron chi connectivity index (χ1n) is 6.09. The fraction of sp³-hybridized carbons (Fsp3) is 0.231. The van der Waals surface area contributed by atoms with Crippen LogP contribution in [-0.2, 0) is 13.5 Å². The maximum atomic E-state index is 12.0. The number of nitrogens with zero attached hydrogens (tertiary/aromatic N) is 3. The second-order valence-electron chi connectivity index (χ2n) is 4.30. The van der Waals surface area contributed by atoms with Gasteiger partial charge in [-0.25, -0.2) is 0 Å². The molecule has 7 nitrogen and oxygen atoms in total. The number of amides is 1. The quantitative estimate of drug-likeness (QED) is 0.683. The molecule has 7 heteroatoms. The molecule has 1 aromatic heterocycles. The first kappa shape index (κ1) is 13.7. The van der Waals surface area contributed by atoms with E-state index in [4.69, 9.17) is 0 Å². The number of aromatic nitrogens is 2. The van der Waals surface area contributed by atoms with Gasteiger partial charge in [-0.05, 0) is 24.1 Å². The molecule has 0 unspecified atom stereocenters. The largest absolute Gasteiger partial charge is 0.320 e. The van der Waals surface area contributed by atoms with Gasteiger partial charge in [0.2, 0.25) is 5.69 Å². The minimum absolute atomic E-state index is 0.197. The van der Waals surface area contributed by atoms with Gasteiger partial charge in [-0.15, -0.1) is 0 Å². The zero-order chi connectivity index (χ0) is 14.7. The predicted molar refractivity (Wildman–Crippen MR) is 73.6 cm³/mol. The lowest BCUT2D eigenvalue weighted by atomic mass is 10.1. The van der Waals surface area contributed by atoms with Crippen LogP contribution in [0.3, 0.4) is 0 Å². The highest BCUT2D eigenvalue weighted by molar-refractivity contribution is 6.05. The highest BCUT2D eigenvalue weighted by Crippen LogP contribution is 2.18. The highest BCUT2D eigenvalue weighted by atomic mass is 16.6. The Kier molecular flexibility index (Phi) is 3.79. The Morgan fingerprint density at radius 3 is 2.60 bits per heavy atom. The third kappa shape index (κ3) is 2.82. The Morgan fingerprint density at radius 1 is 1.40 bits per heavy atom. The van der Waals surface area contributed by atoms with Crippen molar-refractivity contribution in [2.75, 3.05) is 5.32 Å². The molecule has 1 aromatic carbocycles. The van der Waals surface area contributed by atoms with E-state index in [1.165, 1.54) is 17.9 Å². The minimum atomic E-state index is -0.623. The first-order valence-corrected chi connectivity index (χ1v) is 6.09. The Bertz CT molecular complexity index is 646. The van der Waals surface area contributed by atoms with E-state index < -0.39 is 10.8 Å². The third-order valence-corrected chi connectivity index (χ3v) is 2.84. The van der Waals surface area contributed by atoms with Crippen molar-refractivity contribution in [2.45, 2.75) is 13.3 Å². The van der Waals surface area contributed by atoms with Crippen LogP contribution in [0, 0.1) is 10.1 Å².